The van der Waals surface area contributed by atoms with E-state index in [9.17, 15) is 0 Å². The Morgan fingerprint density at radius 3 is 3.15 bits per heavy atom. The zero-order valence-corrected chi connectivity index (χ0v) is 11.2. The quantitative estimate of drug-likeness (QED) is 0.775. The molecule has 20 heavy (non-hydrogen) atoms. The second-order valence-electron chi connectivity index (χ2n) is 5.17. The molecule has 3 heterocycles. The highest BCUT2D eigenvalue weighted by atomic mass is 16.3. The molecule has 0 unspecified atom stereocenters. The lowest BCUT2D eigenvalue weighted by atomic mass is 10.0. The summed E-state index contributed by atoms with van der Waals surface area (Å²) in [4.78, 5) is 8.90. The monoisotopic (exact) mass is 268 g/mol. The Morgan fingerprint density at radius 1 is 1.30 bits per heavy atom. The number of oxazole rings is 1. The molecule has 0 aliphatic carbocycles. The summed E-state index contributed by atoms with van der Waals surface area (Å²) in [7, 11) is 0. The lowest BCUT2D eigenvalue weighted by molar-refractivity contribution is 0.515. The molecule has 0 spiro atoms. The van der Waals surface area contributed by atoms with Crippen LogP contribution in [0.1, 0.15) is 24.4 Å². The summed E-state index contributed by atoms with van der Waals surface area (Å²) in [5.74, 6) is 0.979. The largest absolute Gasteiger partial charge is 0.443 e. The van der Waals surface area contributed by atoms with Crippen LogP contribution in [0.15, 0.2) is 29.0 Å². The van der Waals surface area contributed by atoms with Crippen LogP contribution in [0.5, 0.6) is 0 Å². The van der Waals surface area contributed by atoms with Crippen molar-refractivity contribution in [3.8, 4) is 11.3 Å². The van der Waals surface area contributed by atoms with Crippen molar-refractivity contribution >= 4 is 11.1 Å². The Hall–Kier alpha value is -2.14. The Bertz CT molecular complexity index is 771. The van der Waals surface area contributed by atoms with Crippen LogP contribution in [0.25, 0.3) is 22.4 Å². The van der Waals surface area contributed by atoms with E-state index in [0.717, 1.165) is 41.1 Å². The van der Waals surface area contributed by atoms with E-state index in [2.05, 4.69) is 15.6 Å². The standard InChI is InChI=1S/C15H16N4O/c16-8-14-18-15(12-3-1-2-6-19(12)14)10-4-5-11-13(7-10)20-9-17-11/h4-5,7,9H,1-3,6,8,16H2. The number of hydrogen-bond acceptors (Lipinski definition) is 4. The van der Waals surface area contributed by atoms with Crippen molar-refractivity contribution in [2.45, 2.75) is 32.4 Å². The Labute approximate surface area is 116 Å². The summed E-state index contributed by atoms with van der Waals surface area (Å²) in [6.07, 6.45) is 4.96. The van der Waals surface area contributed by atoms with Crippen molar-refractivity contribution in [1.29, 1.82) is 0 Å². The highest BCUT2D eigenvalue weighted by molar-refractivity contribution is 5.79. The molecule has 0 fully saturated rings. The second-order valence-corrected chi connectivity index (χ2v) is 5.17. The van der Waals surface area contributed by atoms with Crippen LogP contribution in [0.3, 0.4) is 0 Å². The highest BCUT2D eigenvalue weighted by Crippen LogP contribution is 2.30. The van der Waals surface area contributed by atoms with E-state index in [0.29, 0.717) is 6.54 Å². The van der Waals surface area contributed by atoms with Gasteiger partial charge in [0.25, 0.3) is 0 Å². The van der Waals surface area contributed by atoms with Crippen molar-refractivity contribution in [2.24, 2.45) is 5.73 Å². The lowest BCUT2D eigenvalue weighted by Gasteiger charge is -2.17. The van der Waals surface area contributed by atoms with Gasteiger partial charge in [-0.25, -0.2) is 9.97 Å². The number of hydrogen-bond donors (Lipinski definition) is 1. The number of benzene rings is 1. The Balaban J connectivity index is 1.90. The summed E-state index contributed by atoms with van der Waals surface area (Å²) >= 11 is 0. The zero-order chi connectivity index (χ0) is 13.5. The van der Waals surface area contributed by atoms with E-state index in [1.165, 1.54) is 24.9 Å². The summed E-state index contributed by atoms with van der Waals surface area (Å²) in [6.45, 7) is 1.51. The maximum Gasteiger partial charge on any atom is 0.181 e. The molecule has 102 valence electrons. The topological polar surface area (TPSA) is 69.9 Å². The van der Waals surface area contributed by atoms with E-state index < -0.39 is 0 Å². The van der Waals surface area contributed by atoms with Crippen LogP contribution in [-0.2, 0) is 19.5 Å². The molecule has 1 aliphatic rings. The minimum atomic E-state index is 0.484. The molecular weight excluding hydrogens is 252 g/mol. The number of nitrogens with two attached hydrogens (primary N) is 1. The van der Waals surface area contributed by atoms with Gasteiger partial charge in [0.1, 0.15) is 11.3 Å². The van der Waals surface area contributed by atoms with E-state index in [4.69, 9.17) is 15.1 Å². The van der Waals surface area contributed by atoms with E-state index in [-0.39, 0.29) is 0 Å². The minimum absolute atomic E-state index is 0.484. The normalized spacial score (nSPS) is 14.7. The predicted molar refractivity (Wildman–Crippen MR) is 76.1 cm³/mol. The Morgan fingerprint density at radius 2 is 2.25 bits per heavy atom. The fourth-order valence-electron chi connectivity index (χ4n) is 3.01. The minimum Gasteiger partial charge on any atom is -0.443 e. The summed E-state index contributed by atoms with van der Waals surface area (Å²) < 4.78 is 7.67. The first-order valence-electron chi connectivity index (χ1n) is 6.99. The van der Waals surface area contributed by atoms with Crippen molar-refractivity contribution in [2.75, 3.05) is 0 Å². The van der Waals surface area contributed by atoms with E-state index >= 15 is 0 Å². The molecular formula is C15H16N4O. The first kappa shape index (κ1) is 11.7. The van der Waals surface area contributed by atoms with Crippen molar-refractivity contribution in [1.82, 2.24) is 14.5 Å². The number of nitrogens with zero attached hydrogens (tertiary/aromatic N) is 3. The third-order valence-corrected chi connectivity index (χ3v) is 3.98. The number of imidazole rings is 1. The van der Waals surface area contributed by atoms with E-state index in [1.54, 1.807) is 0 Å². The number of aromatic nitrogens is 3. The molecule has 5 nitrogen and oxygen atoms in total. The summed E-state index contributed by atoms with van der Waals surface area (Å²) in [6, 6.07) is 6.05. The van der Waals surface area contributed by atoms with Gasteiger partial charge in [-0.15, -0.1) is 0 Å². The molecule has 5 heteroatoms. The van der Waals surface area contributed by atoms with Gasteiger partial charge in [0.15, 0.2) is 12.0 Å². The van der Waals surface area contributed by atoms with Crippen molar-refractivity contribution in [3.63, 3.8) is 0 Å². The first-order valence-corrected chi connectivity index (χ1v) is 6.99. The predicted octanol–water partition coefficient (Wildman–Crippen LogP) is 2.49. The van der Waals surface area contributed by atoms with Gasteiger partial charge in [0, 0.05) is 17.8 Å². The molecule has 0 atom stereocenters. The van der Waals surface area contributed by atoms with Gasteiger partial charge in [-0.05, 0) is 31.4 Å². The fourth-order valence-corrected chi connectivity index (χ4v) is 3.01. The van der Waals surface area contributed by atoms with Gasteiger partial charge in [-0.3, -0.25) is 0 Å². The Kier molecular flexibility index (Phi) is 2.60. The SMILES string of the molecule is NCc1nc(-c2ccc3ncoc3c2)c2n1CCCC2. The van der Waals surface area contributed by atoms with Crippen LogP contribution in [0, 0.1) is 0 Å². The first-order chi connectivity index (χ1) is 9.86. The van der Waals surface area contributed by atoms with Crippen LogP contribution in [0.2, 0.25) is 0 Å². The summed E-state index contributed by atoms with van der Waals surface area (Å²) in [5.41, 5.74) is 10.9. The maximum absolute atomic E-state index is 5.83. The zero-order valence-electron chi connectivity index (χ0n) is 11.2. The molecule has 3 aromatic rings. The molecule has 2 aromatic heterocycles. The van der Waals surface area contributed by atoms with Crippen LogP contribution >= 0.6 is 0 Å². The smallest absolute Gasteiger partial charge is 0.181 e. The molecule has 0 bridgehead atoms. The maximum atomic E-state index is 5.83. The molecule has 0 amide bonds. The fraction of sp³-hybridized carbons (Fsp3) is 0.333. The summed E-state index contributed by atoms with van der Waals surface area (Å²) in [5, 5.41) is 0. The molecule has 0 saturated heterocycles. The van der Waals surface area contributed by atoms with Crippen molar-refractivity contribution in [3.05, 3.63) is 36.1 Å². The molecule has 1 aromatic carbocycles. The van der Waals surface area contributed by atoms with Gasteiger partial charge in [0.2, 0.25) is 0 Å². The molecule has 4 rings (SSSR count). The third-order valence-electron chi connectivity index (χ3n) is 3.98. The molecule has 1 aliphatic heterocycles. The van der Waals surface area contributed by atoms with Crippen LogP contribution < -0.4 is 5.73 Å². The van der Waals surface area contributed by atoms with Gasteiger partial charge in [-0.2, -0.15) is 0 Å². The molecule has 0 radical (unpaired) electrons. The average Bonchev–Trinajstić information content (AvgIpc) is 3.10. The molecule has 2 N–H and O–H groups in total. The van der Waals surface area contributed by atoms with Gasteiger partial charge in [0.05, 0.1) is 12.2 Å². The van der Waals surface area contributed by atoms with Crippen molar-refractivity contribution < 1.29 is 4.42 Å². The second kappa shape index (κ2) is 4.45. The number of fused-ring (bicyclic) bond motifs is 2. The van der Waals surface area contributed by atoms with Crippen LogP contribution in [-0.4, -0.2) is 14.5 Å². The highest BCUT2D eigenvalue weighted by Gasteiger charge is 2.20. The third kappa shape index (κ3) is 1.67. The molecule has 0 saturated carbocycles. The lowest BCUT2D eigenvalue weighted by Crippen LogP contribution is -2.15. The van der Waals surface area contributed by atoms with Gasteiger partial charge >= 0.3 is 0 Å². The van der Waals surface area contributed by atoms with Crippen LogP contribution in [0.4, 0.5) is 0 Å². The van der Waals surface area contributed by atoms with Gasteiger partial charge < -0.3 is 14.7 Å². The number of rotatable bonds is 2. The van der Waals surface area contributed by atoms with Gasteiger partial charge in [-0.1, -0.05) is 6.07 Å². The van der Waals surface area contributed by atoms with E-state index in [1.807, 2.05) is 12.1 Å². The average molecular weight is 268 g/mol.